The van der Waals surface area contributed by atoms with Gasteiger partial charge >= 0.3 is 0 Å². The molecule has 1 unspecified atom stereocenters. The van der Waals surface area contributed by atoms with Gasteiger partial charge in [-0.05, 0) is 16.3 Å². The van der Waals surface area contributed by atoms with Gasteiger partial charge < -0.3 is 10.4 Å². The SMILES string of the molecule is OC(CN1CCNCC1)c1cccc2ccccc12. The lowest BCUT2D eigenvalue weighted by Crippen LogP contribution is -2.44. The Kier molecular flexibility index (Phi) is 3.78. The van der Waals surface area contributed by atoms with Crippen LogP contribution < -0.4 is 5.32 Å². The Hall–Kier alpha value is -1.42. The number of rotatable bonds is 3. The third-order valence-electron chi connectivity index (χ3n) is 3.82. The molecule has 0 aliphatic carbocycles. The van der Waals surface area contributed by atoms with Crippen LogP contribution >= 0.6 is 0 Å². The molecule has 1 aliphatic heterocycles. The van der Waals surface area contributed by atoms with E-state index in [1.54, 1.807) is 0 Å². The average molecular weight is 256 g/mol. The number of benzene rings is 2. The van der Waals surface area contributed by atoms with Gasteiger partial charge in [0.25, 0.3) is 0 Å². The first kappa shape index (κ1) is 12.6. The average Bonchev–Trinajstić information content (AvgIpc) is 2.47. The van der Waals surface area contributed by atoms with Crippen LogP contribution in [0.15, 0.2) is 42.5 Å². The van der Waals surface area contributed by atoms with Gasteiger partial charge in [-0.15, -0.1) is 0 Å². The van der Waals surface area contributed by atoms with E-state index in [-0.39, 0.29) is 0 Å². The molecule has 0 bridgehead atoms. The lowest BCUT2D eigenvalue weighted by Gasteiger charge is -2.29. The lowest BCUT2D eigenvalue weighted by molar-refractivity contribution is 0.106. The molecule has 3 heteroatoms. The quantitative estimate of drug-likeness (QED) is 0.878. The van der Waals surface area contributed by atoms with Gasteiger partial charge in [0, 0.05) is 32.7 Å². The van der Waals surface area contributed by atoms with Gasteiger partial charge in [0.15, 0.2) is 0 Å². The maximum absolute atomic E-state index is 10.5. The van der Waals surface area contributed by atoms with Crippen molar-refractivity contribution in [2.24, 2.45) is 0 Å². The Bertz CT molecular complexity index is 544. The van der Waals surface area contributed by atoms with E-state index < -0.39 is 6.10 Å². The zero-order valence-corrected chi connectivity index (χ0v) is 11.0. The number of piperazine rings is 1. The maximum Gasteiger partial charge on any atom is 0.0922 e. The van der Waals surface area contributed by atoms with Crippen molar-refractivity contribution in [3.05, 3.63) is 48.0 Å². The van der Waals surface area contributed by atoms with E-state index in [2.05, 4.69) is 28.4 Å². The molecule has 3 nitrogen and oxygen atoms in total. The minimum Gasteiger partial charge on any atom is -0.387 e. The zero-order chi connectivity index (χ0) is 13.1. The van der Waals surface area contributed by atoms with E-state index in [0.29, 0.717) is 0 Å². The van der Waals surface area contributed by atoms with Crippen LogP contribution in [0.2, 0.25) is 0 Å². The number of nitrogens with one attached hydrogen (secondary N) is 1. The number of β-amino-alcohol motifs (C(OH)–C–C–N with tert-alkyl or cyclic N) is 1. The third kappa shape index (κ3) is 2.78. The van der Waals surface area contributed by atoms with Gasteiger partial charge in [0.05, 0.1) is 6.10 Å². The summed E-state index contributed by atoms with van der Waals surface area (Å²) < 4.78 is 0. The topological polar surface area (TPSA) is 35.5 Å². The molecule has 0 saturated carbocycles. The summed E-state index contributed by atoms with van der Waals surface area (Å²) in [5.74, 6) is 0. The second-order valence-electron chi connectivity index (χ2n) is 5.13. The van der Waals surface area contributed by atoms with E-state index in [9.17, 15) is 5.11 Å². The van der Waals surface area contributed by atoms with Gasteiger partial charge in [-0.25, -0.2) is 0 Å². The van der Waals surface area contributed by atoms with E-state index in [4.69, 9.17) is 0 Å². The second-order valence-corrected chi connectivity index (χ2v) is 5.13. The van der Waals surface area contributed by atoms with Crippen molar-refractivity contribution in [1.82, 2.24) is 10.2 Å². The minimum atomic E-state index is -0.413. The van der Waals surface area contributed by atoms with Crippen molar-refractivity contribution in [3.8, 4) is 0 Å². The predicted molar refractivity (Wildman–Crippen MR) is 78.2 cm³/mol. The number of hydrogen-bond donors (Lipinski definition) is 2. The molecule has 1 aliphatic rings. The summed E-state index contributed by atoms with van der Waals surface area (Å²) in [5, 5.41) is 16.2. The molecule has 1 saturated heterocycles. The van der Waals surface area contributed by atoms with Crippen molar-refractivity contribution < 1.29 is 5.11 Å². The molecule has 0 spiro atoms. The maximum atomic E-state index is 10.5. The standard InChI is InChI=1S/C16H20N2O/c19-16(12-18-10-8-17-9-11-18)15-7-3-5-13-4-1-2-6-14(13)15/h1-7,16-17,19H,8-12H2. The molecule has 1 atom stereocenters. The molecule has 100 valence electrons. The first-order chi connectivity index (χ1) is 9.34. The van der Waals surface area contributed by atoms with Crippen molar-refractivity contribution in [1.29, 1.82) is 0 Å². The van der Waals surface area contributed by atoms with Gasteiger partial charge in [-0.2, -0.15) is 0 Å². The van der Waals surface area contributed by atoms with Crippen LogP contribution in [-0.4, -0.2) is 42.7 Å². The number of nitrogens with zero attached hydrogens (tertiary/aromatic N) is 1. The lowest BCUT2D eigenvalue weighted by atomic mass is 10.00. The highest BCUT2D eigenvalue weighted by Gasteiger charge is 2.17. The van der Waals surface area contributed by atoms with Crippen LogP contribution in [0, 0.1) is 0 Å². The largest absolute Gasteiger partial charge is 0.387 e. The summed E-state index contributed by atoms with van der Waals surface area (Å²) in [6.45, 7) is 4.78. The summed E-state index contributed by atoms with van der Waals surface area (Å²) in [6.07, 6.45) is -0.413. The van der Waals surface area contributed by atoms with Crippen molar-refractivity contribution in [2.45, 2.75) is 6.10 Å². The van der Waals surface area contributed by atoms with Gasteiger partial charge in [-0.1, -0.05) is 42.5 Å². The Morgan fingerprint density at radius 3 is 2.63 bits per heavy atom. The summed E-state index contributed by atoms with van der Waals surface area (Å²) in [4.78, 5) is 2.32. The van der Waals surface area contributed by atoms with E-state index in [1.807, 2.05) is 24.3 Å². The first-order valence-corrected chi connectivity index (χ1v) is 6.93. The van der Waals surface area contributed by atoms with Crippen LogP contribution in [0.3, 0.4) is 0 Å². The minimum absolute atomic E-state index is 0.413. The molecule has 1 fully saturated rings. The third-order valence-corrected chi connectivity index (χ3v) is 3.82. The smallest absolute Gasteiger partial charge is 0.0922 e. The molecule has 2 aromatic carbocycles. The normalized spacial score (nSPS) is 18.6. The molecule has 2 N–H and O–H groups in total. The zero-order valence-electron chi connectivity index (χ0n) is 11.0. The van der Waals surface area contributed by atoms with Crippen LogP contribution in [0.4, 0.5) is 0 Å². The molecule has 0 amide bonds. The highest BCUT2D eigenvalue weighted by molar-refractivity contribution is 5.85. The monoisotopic (exact) mass is 256 g/mol. The fourth-order valence-electron chi connectivity index (χ4n) is 2.78. The van der Waals surface area contributed by atoms with Gasteiger partial charge in [0.1, 0.15) is 0 Å². The first-order valence-electron chi connectivity index (χ1n) is 6.93. The van der Waals surface area contributed by atoms with Crippen LogP contribution in [0.25, 0.3) is 10.8 Å². The predicted octanol–water partition coefficient (Wildman–Crippen LogP) is 1.78. The molecule has 19 heavy (non-hydrogen) atoms. The highest BCUT2D eigenvalue weighted by Crippen LogP contribution is 2.24. The van der Waals surface area contributed by atoms with Crippen LogP contribution in [0.1, 0.15) is 11.7 Å². The van der Waals surface area contributed by atoms with E-state index in [1.165, 1.54) is 5.39 Å². The molecule has 0 aromatic heterocycles. The van der Waals surface area contributed by atoms with Crippen LogP contribution in [-0.2, 0) is 0 Å². The number of aliphatic hydroxyl groups excluding tert-OH is 1. The Labute approximate surface area is 113 Å². The van der Waals surface area contributed by atoms with Crippen molar-refractivity contribution in [3.63, 3.8) is 0 Å². The van der Waals surface area contributed by atoms with E-state index >= 15 is 0 Å². The van der Waals surface area contributed by atoms with E-state index in [0.717, 1.165) is 43.7 Å². The van der Waals surface area contributed by atoms with Crippen molar-refractivity contribution in [2.75, 3.05) is 32.7 Å². The molecule has 2 aromatic rings. The Morgan fingerprint density at radius 1 is 1.05 bits per heavy atom. The number of fused-ring (bicyclic) bond motifs is 1. The second kappa shape index (κ2) is 5.70. The molecule has 0 radical (unpaired) electrons. The molecular weight excluding hydrogens is 236 g/mol. The summed E-state index contributed by atoms with van der Waals surface area (Å²) in [5.41, 5.74) is 1.04. The summed E-state index contributed by atoms with van der Waals surface area (Å²) >= 11 is 0. The number of aliphatic hydroxyl groups is 1. The fourth-order valence-corrected chi connectivity index (χ4v) is 2.78. The summed E-state index contributed by atoms with van der Waals surface area (Å²) in [7, 11) is 0. The Morgan fingerprint density at radius 2 is 1.79 bits per heavy atom. The molecule has 1 heterocycles. The van der Waals surface area contributed by atoms with Crippen molar-refractivity contribution >= 4 is 10.8 Å². The highest BCUT2D eigenvalue weighted by atomic mass is 16.3. The van der Waals surface area contributed by atoms with Gasteiger partial charge in [-0.3, -0.25) is 4.90 Å². The number of hydrogen-bond acceptors (Lipinski definition) is 3. The molecular formula is C16H20N2O. The van der Waals surface area contributed by atoms with Crippen LogP contribution in [0.5, 0.6) is 0 Å². The Balaban J connectivity index is 1.82. The fraction of sp³-hybridized carbons (Fsp3) is 0.375. The van der Waals surface area contributed by atoms with Gasteiger partial charge in [0.2, 0.25) is 0 Å². The summed E-state index contributed by atoms with van der Waals surface area (Å²) in [6, 6.07) is 14.4. The molecule has 3 rings (SSSR count).